The molecule has 1 saturated heterocycles. The van der Waals surface area contributed by atoms with E-state index in [9.17, 15) is 4.79 Å². The number of nitrogens with one attached hydrogen (secondary N) is 3. The molecular weight excluding hydrogens is 261 g/mol. The maximum atomic E-state index is 12.0. The van der Waals surface area contributed by atoms with Crippen LogP contribution in [-0.2, 0) is 0 Å². The van der Waals surface area contributed by atoms with Gasteiger partial charge in [0.2, 0.25) is 0 Å². The third-order valence-corrected chi connectivity index (χ3v) is 3.61. The molecular formula is C11H15Cl2N3O. The van der Waals surface area contributed by atoms with Gasteiger partial charge in [0.1, 0.15) is 5.69 Å². The first kappa shape index (κ1) is 12.7. The molecule has 2 rings (SSSR count). The van der Waals surface area contributed by atoms with Crippen LogP contribution in [0.1, 0.15) is 22.6 Å². The van der Waals surface area contributed by atoms with E-state index in [0.717, 1.165) is 18.7 Å². The quantitative estimate of drug-likeness (QED) is 0.720. The summed E-state index contributed by atoms with van der Waals surface area (Å²) in [6.07, 6.45) is 0.831. The lowest BCUT2D eigenvalue weighted by Gasteiger charge is -2.28. The molecule has 1 amide bonds. The van der Waals surface area contributed by atoms with Gasteiger partial charge in [-0.2, -0.15) is 0 Å². The molecule has 0 radical (unpaired) electrons. The number of halogens is 2. The molecule has 0 saturated carbocycles. The third-order valence-electron chi connectivity index (χ3n) is 2.86. The number of hydrogen-bond acceptors (Lipinski definition) is 2. The summed E-state index contributed by atoms with van der Waals surface area (Å²) >= 11 is 12.1. The minimum Gasteiger partial charge on any atom is -0.353 e. The molecule has 1 aromatic rings. The molecule has 1 aromatic heterocycles. The Hall–Kier alpha value is -0.710. The fraction of sp³-hybridized carbons (Fsp3) is 0.545. The molecule has 1 fully saturated rings. The zero-order valence-corrected chi connectivity index (χ0v) is 11.0. The first-order valence-corrected chi connectivity index (χ1v) is 6.40. The van der Waals surface area contributed by atoms with Crippen LogP contribution in [0, 0.1) is 6.92 Å². The molecule has 0 aromatic carbocycles. The highest BCUT2D eigenvalue weighted by Crippen LogP contribution is 2.18. The van der Waals surface area contributed by atoms with Crippen molar-refractivity contribution in [3.63, 3.8) is 0 Å². The van der Waals surface area contributed by atoms with E-state index in [-0.39, 0.29) is 17.3 Å². The van der Waals surface area contributed by atoms with E-state index in [1.807, 2.05) is 6.92 Å². The van der Waals surface area contributed by atoms with Gasteiger partial charge in [-0.25, -0.2) is 0 Å². The fourth-order valence-electron chi connectivity index (χ4n) is 1.94. The minimum atomic E-state index is -0.194. The van der Waals surface area contributed by atoms with Crippen molar-refractivity contribution in [2.75, 3.05) is 13.1 Å². The molecule has 0 bridgehead atoms. The molecule has 94 valence electrons. The number of aromatic nitrogens is 1. The Morgan fingerprint density at radius 1 is 1.59 bits per heavy atom. The van der Waals surface area contributed by atoms with Gasteiger partial charge >= 0.3 is 0 Å². The van der Waals surface area contributed by atoms with E-state index in [4.69, 9.17) is 23.2 Å². The van der Waals surface area contributed by atoms with Crippen molar-refractivity contribution in [3.8, 4) is 0 Å². The highest BCUT2D eigenvalue weighted by molar-refractivity contribution is 6.33. The number of piperidine rings is 1. The van der Waals surface area contributed by atoms with Gasteiger partial charge in [-0.1, -0.05) is 11.6 Å². The second-order valence-corrected chi connectivity index (χ2v) is 5.23. The zero-order chi connectivity index (χ0) is 12.4. The summed E-state index contributed by atoms with van der Waals surface area (Å²) in [6.45, 7) is 3.44. The highest BCUT2D eigenvalue weighted by atomic mass is 35.5. The average molecular weight is 276 g/mol. The van der Waals surface area contributed by atoms with Crippen LogP contribution in [-0.4, -0.2) is 35.4 Å². The summed E-state index contributed by atoms with van der Waals surface area (Å²) in [5.74, 6) is -0.194. The minimum absolute atomic E-state index is 0.00918. The molecule has 0 aliphatic carbocycles. The van der Waals surface area contributed by atoms with E-state index in [2.05, 4.69) is 15.6 Å². The lowest BCUT2D eigenvalue weighted by Crippen LogP contribution is -2.50. The normalized spacial score (nSPS) is 24.6. The Morgan fingerprint density at radius 3 is 2.94 bits per heavy atom. The third kappa shape index (κ3) is 2.94. The first-order chi connectivity index (χ1) is 8.08. The number of hydrogen-bond donors (Lipinski definition) is 3. The summed E-state index contributed by atoms with van der Waals surface area (Å²) in [7, 11) is 0. The summed E-state index contributed by atoms with van der Waals surface area (Å²) in [5, 5.41) is 6.45. The summed E-state index contributed by atoms with van der Waals surface area (Å²) in [5.41, 5.74) is 1.28. The van der Waals surface area contributed by atoms with Gasteiger partial charge in [0, 0.05) is 18.3 Å². The number of amides is 1. The van der Waals surface area contributed by atoms with Gasteiger partial charge in [-0.3, -0.25) is 4.79 Å². The molecule has 2 heterocycles. The number of rotatable bonds is 2. The van der Waals surface area contributed by atoms with Crippen LogP contribution in [0.25, 0.3) is 0 Å². The molecule has 1 aliphatic rings. The van der Waals surface area contributed by atoms with E-state index >= 15 is 0 Å². The number of carbonyl (C=O) groups excluding carboxylic acids is 1. The van der Waals surface area contributed by atoms with Crippen LogP contribution in [0.2, 0.25) is 5.02 Å². The molecule has 4 nitrogen and oxygen atoms in total. The van der Waals surface area contributed by atoms with E-state index in [0.29, 0.717) is 17.3 Å². The van der Waals surface area contributed by atoms with Crippen molar-refractivity contribution in [1.29, 1.82) is 0 Å². The Kier molecular flexibility index (Phi) is 3.97. The number of aryl methyl sites for hydroxylation is 1. The topological polar surface area (TPSA) is 56.9 Å². The summed E-state index contributed by atoms with van der Waals surface area (Å²) in [4.78, 5) is 14.9. The van der Waals surface area contributed by atoms with Crippen LogP contribution in [0.3, 0.4) is 0 Å². The van der Waals surface area contributed by atoms with Crippen LogP contribution in [0.4, 0.5) is 0 Å². The lowest BCUT2D eigenvalue weighted by molar-refractivity contribution is 0.0926. The maximum absolute atomic E-state index is 12.0. The van der Waals surface area contributed by atoms with E-state index < -0.39 is 0 Å². The van der Waals surface area contributed by atoms with Gasteiger partial charge in [0.15, 0.2) is 0 Å². The van der Waals surface area contributed by atoms with Crippen LogP contribution in [0.5, 0.6) is 0 Å². The van der Waals surface area contributed by atoms with Crippen LogP contribution < -0.4 is 10.6 Å². The Morgan fingerprint density at radius 2 is 2.35 bits per heavy atom. The van der Waals surface area contributed by atoms with Crippen molar-refractivity contribution in [1.82, 2.24) is 15.6 Å². The Balaban J connectivity index is 2.03. The largest absolute Gasteiger partial charge is 0.353 e. The predicted molar refractivity (Wildman–Crippen MR) is 68.9 cm³/mol. The SMILES string of the molecule is Cc1cc(Cl)c(C(=O)NC2CCNCC2Cl)[nH]1. The number of aromatic amines is 1. The van der Waals surface area contributed by atoms with Crippen molar-refractivity contribution in [2.24, 2.45) is 0 Å². The second-order valence-electron chi connectivity index (χ2n) is 4.26. The Bertz CT molecular complexity index is 419. The molecule has 2 unspecified atom stereocenters. The van der Waals surface area contributed by atoms with Crippen molar-refractivity contribution in [2.45, 2.75) is 24.8 Å². The molecule has 17 heavy (non-hydrogen) atoms. The number of alkyl halides is 1. The molecule has 1 aliphatic heterocycles. The Labute approximate surface area is 110 Å². The average Bonchev–Trinajstić information content (AvgIpc) is 2.61. The molecule has 6 heteroatoms. The van der Waals surface area contributed by atoms with Crippen molar-refractivity contribution >= 4 is 29.1 Å². The standard InChI is InChI=1S/C11H15Cl2N3O/c1-6-4-7(12)10(15-6)11(17)16-9-2-3-14-5-8(9)13/h4,8-9,14-15H,2-3,5H2,1H3,(H,16,17). The number of H-pyrrole nitrogens is 1. The van der Waals surface area contributed by atoms with Gasteiger partial charge in [0.05, 0.1) is 10.4 Å². The lowest BCUT2D eigenvalue weighted by atomic mass is 10.1. The van der Waals surface area contributed by atoms with Gasteiger partial charge in [-0.05, 0) is 26.0 Å². The first-order valence-electron chi connectivity index (χ1n) is 5.58. The van der Waals surface area contributed by atoms with Crippen molar-refractivity contribution in [3.05, 3.63) is 22.5 Å². The van der Waals surface area contributed by atoms with Gasteiger partial charge in [0.25, 0.3) is 5.91 Å². The van der Waals surface area contributed by atoms with Gasteiger partial charge in [-0.15, -0.1) is 11.6 Å². The number of carbonyl (C=O) groups is 1. The molecule has 2 atom stereocenters. The summed E-state index contributed by atoms with van der Waals surface area (Å²) < 4.78 is 0. The van der Waals surface area contributed by atoms with E-state index in [1.54, 1.807) is 6.07 Å². The summed E-state index contributed by atoms with van der Waals surface area (Å²) in [6, 6.07) is 1.72. The second kappa shape index (κ2) is 5.29. The van der Waals surface area contributed by atoms with Crippen LogP contribution >= 0.6 is 23.2 Å². The van der Waals surface area contributed by atoms with Crippen LogP contribution in [0.15, 0.2) is 6.07 Å². The molecule has 0 spiro atoms. The smallest absolute Gasteiger partial charge is 0.269 e. The predicted octanol–water partition coefficient (Wildman–Crippen LogP) is 1.68. The van der Waals surface area contributed by atoms with E-state index in [1.165, 1.54) is 0 Å². The maximum Gasteiger partial charge on any atom is 0.269 e. The van der Waals surface area contributed by atoms with Gasteiger partial charge < -0.3 is 15.6 Å². The fourth-order valence-corrected chi connectivity index (χ4v) is 2.54. The monoisotopic (exact) mass is 275 g/mol. The highest BCUT2D eigenvalue weighted by Gasteiger charge is 2.25. The zero-order valence-electron chi connectivity index (χ0n) is 9.52. The van der Waals surface area contributed by atoms with Crippen molar-refractivity contribution < 1.29 is 4.79 Å². The molecule has 3 N–H and O–H groups in total.